The first-order chi connectivity index (χ1) is 13.1. The third-order valence-corrected chi connectivity index (χ3v) is 4.76. The highest BCUT2D eigenvalue weighted by atomic mass is 16.5. The molecule has 0 spiro atoms. The Kier molecular flexibility index (Phi) is 6.31. The number of hydrogen-bond donors (Lipinski definition) is 3. The molecule has 0 saturated carbocycles. The molecule has 1 aromatic carbocycles. The van der Waals surface area contributed by atoms with Gasteiger partial charge in [-0.2, -0.15) is 4.98 Å². The van der Waals surface area contributed by atoms with Crippen molar-refractivity contribution in [1.82, 2.24) is 14.9 Å². The molecule has 27 heavy (non-hydrogen) atoms. The van der Waals surface area contributed by atoms with E-state index in [1.165, 1.54) is 0 Å². The van der Waals surface area contributed by atoms with Crippen LogP contribution in [0.15, 0.2) is 30.5 Å². The number of ether oxygens (including phenoxy) is 2. The second kappa shape index (κ2) is 8.88. The van der Waals surface area contributed by atoms with E-state index in [1.807, 2.05) is 25.2 Å². The Hall–Kier alpha value is -2.58. The second-order valence-corrected chi connectivity index (χ2v) is 6.57. The molecule has 1 aliphatic rings. The van der Waals surface area contributed by atoms with Crippen LogP contribution in [0, 0.1) is 0 Å². The van der Waals surface area contributed by atoms with Gasteiger partial charge in [0.1, 0.15) is 18.5 Å². The number of methoxy groups -OCH3 is 1. The van der Waals surface area contributed by atoms with E-state index in [9.17, 15) is 5.11 Å². The molecule has 8 heteroatoms. The molecule has 0 aliphatic carbocycles. The van der Waals surface area contributed by atoms with Crippen molar-refractivity contribution in [3.05, 3.63) is 30.5 Å². The van der Waals surface area contributed by atoms with Gasteiger partial charge in [-0.05, 0) is 44.6 Å². The van der Waals surface area contributed by atoms with Crippen LogP contribution in [0.3, 0.4) is 0 Å². The summed E-state index contributed by atoms with van der Waals surface area (Å²) in [5.74, 6) is 2.37. The molecular weight excluding hydrogens is 346 g/mol. The lowest BCUT2D eigenvalue weighted by atomic mass is 10.1. The quantitative estimate of drug-likeness (QED) is 0.648. The van der Waals surface area contributed by atoms with Crippen LogP contribution in [-0.2, 0) is 0 Å². The van der Waals surface area contributed by atoms with Gasteiger partial charge in [0.05, 0.1) is 7.11 Å². The summed E-state index contributed by atoms with van der Waals surface area (Å²) in [6, 6.07) is 7.42. The van der Waals surface area contributed by atoms with Crippen LogP contribution in [0.5, 0.6) is 11.5 Å². The minimum absolute atomic E-state index is 0.134. The Labute approximate surface area is 159 Å². The average molecular weight is 373 g/mol. The Bertz CT molecular complexity index is 758. The number of benzene rings is 1. The Balaban J connectivity index is 1.69. The minimum atomic E-state index is -0.547. The zero-order chi connectivity index (χ0) is 19.2. The van der Waals surface area contributed by atoms with E-state index in [1.54, 1.807) is 26.4 Å². The van der Waals surface area contributed by atoms with Crippen molar-refractivity contribution in [2.45, 2.75) is 25.0 Å². The van der Waals surface area contributed by atoms with Crippen LogP contribution >= 0.6 is 0 Å². The first-order valence-corrected chi connectivity index (χ1v) is 9.07. The highest BCUT2D eigenvalue weighted by Crippen LogP contribution is 2.31. The van der Waals surface area contributed by atoms with E-state index in [0.29, 0.717) is 17.4 Å². The fourth-order valence-electron chi connectivity index (χ4n) is 3.26. The molecule has 2 atom stereocenters. The molecule has 2 heterocycles. The first-order valence-electron chi connectivity index (χ1n) is 9.07. The first kappa shape index (κ1) is 19.2. The molecule has 1 fully saturated rings. The largest absolute Gasteiger partial charge is 0.493 e. The van der Waals surface area contributed by atoms with E-state index in [-0.39, 0.29) is 12.6 Å². The normalized spacial score (nSPS) is 18.1. The van der Waals surface area contributed by atoms with Crippen LogP contribution in [0.4, 0.5) is 17.5 Å². The standard InChI is InChI=1S/C19H27N5O3/c1-20-18-8-9-21-19(23-18)22-13-6-7-16(26-3)17(11-13)27-12-15(25)14-5-4-10-24(14)2/h6-9,11,14-15,25H,4-5,10,12H2,1-3H3,(H2,20,21,22,23)/t14-,15-/m0/s1. The van der Waals surface area contributed by atoms with Gasteiger partial charge in [0, 0.05) is 31.0 Å². The minimum Gasteiger partial charge on any atom is -0.493 e. The predicted octanol–water partition coefficient (Wildman–Crippen LogP) is 2.10. The van der Waals surface area contributed by atoms with E-state index in [2.05, 4.69) is 25.5 Å². The molecule has 146 valence electrons. The van der Waals surface area contributed by atoms with Gasteiger partial charge in [-0.15, -0.1) is 0 Å². The van der Waals surface area contributed by atoms with Crippen molar-refractivity contribution in [2.75, 3.05) is 45.0 Å². The predicted molar refractivity (Wildman–Crippen MR) is 105 cm³/mol. The number of nitrogens with zero attached hydrogens (tertiary/aromatic N) is 3. The Morgan fingerprint density at radius 3 is 2.89 bits per heavy atom. The molecule has 0 unspecified atom stereocenters. The third-order valence-electron chi connectivity index (χ3n) is 4.76. The average Bonchev–Trinajstić information content (AvgIpc) is 3.12. The van der Waals surface area contributed by atoms with Gasteiger partial charge < -0.3 is 30.1 Å². The number of aromatic nitrogens is 2. The van der Waals surface area contributed by atoms with Crippen molar-refractivity contribution < 1.29 is 14.6 Å². The van der Waals surface area contributed by atoms with Crippen molar-refractivity contribution in [3.63, 3.8) is 0 Å². The Morgan fingerprint density at radius 1 is 1.33 bits per heavy atom. The van der Waals surface area contributed by atoms with Crippen LogP contribution < -0.4 is 20.1 Å². The van der Waals surface area contributed by atoms with E-state index in [0.717, 1.165) is 30.9 Å². The lowest BCUT2D eigenvalue weighted by molar-refractivity contribution is 0.0433. The summed E-state index contributed by atoms with van der Waals surface area (Å²) in [5, 5.41) is 16.6. The van der Waals surface area contributed by atoms with Crippen LogP contribution in [0.2, 0.25) is 0 Å². The van der Waals surface area contributed by atoms with Crippen molar-refractivity contribution >= 4 is 17.5 Å². The van der Waals surface area contributed by atoms with Gasteiger partial charge in [0.2, 0.25) is 5.95 Å². The lowest BCUT2D eigenvalue weighted by Gasteiger charge is -2.25. The molecule has 1 aromatic heterocycles. The molecule has 1 aliphatic heterocycles. The highest BCUT2D eigenvalue weighted by molar-refractivity contribution is 5.60. The summed E-state index contributed by atoms with van der Waals surface area (Å²) < 4.78 is 11.3. The van der Waals surface area contributed by atoms with Gasteiger partial charge in [-0.1, -0.05) is 0 Å². The van der Waals surface area contributed by atoms with Gasteiger partial charge in [-0.3, -0.25) is 0 Å². The molecule has 1 saturated heterocycles. The summed E-state index contributed by atoms with van der Waals surface area (Å²) in [5.41, 5.74) is 0.770. The maximum Gasteiger partial charge on any atom is 0.229 e. The molecule has 0 radical (unpaired) electrons. The van der Waals surface area contributed by atoms with Crippen molar-refractivity contribution in [2.24, 2.45) is 0 Å². The summed E-state index contributed by atoms with van der Waals surface area (Å²) in [4.78, 5) is 10.7. The highest BCUT2D eigenvalue weighted by Gasteiger charge is 2.28. The molecule has 3 N–H and O–H groups in total. The van der Waals surface area contributed by atoms with Gasteiger partial charge in [0.15, 0.2) is 11.5 Å². The van der Waals surface area contributed by atoms with Crippen LogP contribution in [0.1, 0.15) is 12.8 Å². The Morgan fingerprint density at radius 2 is 2.19 bits per heavy atom. The molecule has 0 amide bonds. The maximum atomic E-state index is 10.5. The smallest absolute Gasteiger partial charge is 0.229 e. The fourth-order valence-corrected chi connectivity index (χ4v) is 3.26. The van der Waals surface area contributed by atoms with Gasteiger partial charge in [0.25, 0.3) is 0 Å². The maximum absolute atomic E-state index is 10.5. The fraction of sp³-hybridized carbons (Fsp3) is 0.474. The van der Waals surface area contributed by atoms with E-state index < -0.39 is 6.10 Å². The zero-order valence-electron chi connectivity index (χ0n) is 16.0. The van der Waals surface area contributed by atoms with E-state index >= 15 is 0 Å². The molecule has 8 nitrogen and oxygen atoms in total. The van der Waals surface area contributed by atoms with E-state index in [4.69, 9.17) is 9.47 Å². The topological polar surface area (TPSA) is 91.8 Å². The molecular formula is C19H27N5O3. The van der Waals surface area contributed by atoms with Crippen LogP contribution in [-0.4, -0.2) is 66.5 Å². The van der Waals surface area contributed by atoms with Crippen molar-refractivity contribution in [3.8, 4) is 11.5 Å². The molecule has 2 aromatic rings. The number of aliphatic hydroxyl groups is 1. The lowest BCUT2D eigenvalue weighted by Crippen LogP contribution is -2.39. The van der Waals surface area contributed by atoms with Crippen molar-refractivity contribution in [1.29, 1.82) is 0 Å². The monoisotopic (exact) mass is 373 g/mol. The molecule has 0 bridgehead atoms. The second-order valence-electron chi connectivity index (χ2n) is 6.57. The summed E-state index contributed by atoms with van der Waals surface area (Å²) in [6.07, 6.45) is 3.22. The van der Waals surface area contributed by atoms with Gasteiger partial charge in [-0.25, -0.2) is 4.98 Å². The van der Waals surface area contributed by atoms with Gasteiger partial charge >= 0.3 is 0 Å². The zero-order valence-corrected chi connectivity index (χ0v) is 16.0. The third kappa shape index (κ3) is 4.78. The number of anilines is 3. The summed E-state index contributed by atoms with van der Waals surface area (Å²) in [7, 11) is 5.43. The number of rotatable bonds is 8. The summed E-state index contributed by atoms with van der Waals surface area (Å²) >= 11 is 0. The molecule has 3 rings (SSSR count). The number of likely N-dealkylation sites (N-methyl/N-ethyl adjacent to an activating group) is 1. The summed E-state index contributed by atoms with van der Waals surface area (Å²) in [6.45, 7) is 1.22. The number of aliphatic hydroxyl groups excluding tert-OH is 1. The number of nitrogens with one attached hydrogen (secondary N) is 2. The SMILES string of the molecule is CNc1ccnc(Nc2ccc(OC)c(OC[C@H](O)[C@@H]3CCCN3C)c2)n1. The number of likely N-dealkylation sites (tertiary alicyclic amines) is 1. The van der Waals surface area contributed by atoms with Crippen LogP contribution in [0.25, 0.3) is 0 Å². The number of hydrogen-bond acceptors (Lipinski definition) is 8.